The molecule has 108 valence electrons. The summed E-state index contributed by atoms with van der Waals surface area (Å²) in [6, 6.07) is 12.4. The fourth-order valence-corrected chi connectivity index (χ4v) is 3.24. The summed E-state index contributed by atoms with van der Waals surface area (Å²) in [7, 11) is 0. The second kappa shape index (κ2) is 6.65. The molecule has 4 nitrogen and oxygen atoms in total. The van der Waals surface area contributed by atoms with E-state index in [4.69, 9.17) is 5.73 Å². The Labute approximate surface area is 128 Å². The SMILES string of the molecule is NCCCN(Cc1cccnc1)c1snc2ccccc12. The highest BCUT2D eigenvalue weighted by Crippen LogP contribution is 2.32. The van der Waals surface area contributed by atoms with E-state index < -0.39 is 0 Å². The van der Waals surface area contributed by atoms with Crippen LogP contribution in [0.2, 0.25) is 0 Å². The van der Waals surface area contributed by atoms with Crippen molar-refractivity contribution in [3.63, 3.8) is 0 Å². The molecule has 0 radical (unpaired) electrons. The summed E-state index contributed by atoms with van der Waals surface area (Å²) in [4.78, 5) is 6.55. The van der Waals surface area contributed by atoms with E-state index >= 15 is 0 Å². The first-order chi connectivity index (χ1) is 10.4. The number of nitrogens with zero attached hydrogens (tertiary/aromatic N) is 3. The number of hydrogen-bond donors (Lipinski definition) is 1. The molecule has 0 aliphatic heterocycles. The molecule has 3 rings (SSSR count). The summed E-state index contributed by atoms with van der Waals surface area (Å²) < 4.78 is 4.54. The Hall–Kier alpha value is -1.98. The van der Waals surface area contributed by atoms with Crippen molar-refractivity contribution in [3.8, 4) is 0 Å². The van der Waals surface area contributed by atoms with Crippen LogP contribution in [0.4, 0.5) is 5.00 Å². The van der Waals surface area contributed by atoms with Crippen LogP contribution in [-0.4, -0.2) is 22.4 Å². The smallest absolute Gasteiger partial charge is 0.120 e. The van der Waals surface area contributed by atoms with Crippen molar-refractivity contribution in [1.82, 2.24) is 9.36 Å². The molecule has 2 heterocycles. The van der Waals surface area contributed by atoms with Crippen LogP contribution < -0.4 is 10.6 Å². The van der Waals surface area contributed by atoms with Crippen LogP contribution in [0.25, 0.3) is 10.9 Å². The molecule has 5 heteroatoms. The Morgan fingerprint density at radius 2 is 2.05 bits per heavy atom. The van der Waals surface area contributed by atoms with Crippen molar-refractivity contribution in [2.45, 2.75) is 13.0 Å². The summed E-state index contributed by atoms with van der Waals surface area (Å²) >= 11 is 1.56. The van der Waals surface area contributed by atoms with Crippen molar-refractivity contribution in [2.75, 3.05) is 18.0 Å². The van der Waals surface area contributed by atoms with E-state index in [1.54, 1.807) is 17.7 Å². The predicted octanol–water partition coefficient (Wildman–Crippen LogP) is 3.05. The molecule has 0 unspecified atom stereocenters. The van der Waals surface area contributed by atoms with Crippen LogP contribution in [0.1, 0.15) is 12.0 Å². The average molecular weight is 298 g/mol. The molecule has 21 heavy (non-hydrogen) atoms. The van der Waals surface area contributed by atoms with Gasteiger partial charge in [0.15, 0.2) is 0 Å². The minimum atomic E-state index is 0.695. The summed E-state index contributed by atoms with van der Waals surface area (Å²) in [5, 5.41) is 2.42. The topological polar surface area (TPSA) is 55.0 Å². The zero-order valence-electron chi connectivity index (χ0n) is 11.8. The summed E-state index contributed by atoms with van der Waals surface area (Å²) in [5.74, 6) is 0. The van der Waals surface area contributed by atoms with E-state index in [-0.39, 0.29) is 0 Å². The monoisotopic (exact) mass is 298 g/mol. The van der Waals surface area contributed by atoms with E-state index in [0.717, 1.165) is 25.0 Å². The van der Waals surface area contributed by atoms with Crippen LogP contribution >= 0.6 is 11.5 Å². The minimum absolute atomic E-state index is 0.695. The van der Waals surface area contributed by atoms with Gasteiger partial charge >= 0.3 is 0 Å². The average Bonchev–Trinajstić information content (AvgIpc) is 2.96. The first kappa shape index (κ1) is 14.0. The molecular formula is C16H18N4S. The second-order valence-electron chi connectivity index (χ2n) is 4.93. The highest BCUT2D eigenvalue weighted by Gasteiger charge is 2.13. The first-order valence-electron chi connectivity index (χ1n) is 7.07. The van der Waals surface area contributed by atoms with Crippen molar-refractivity contribution >= 4 is 27.4 Å². The number of nitrogens with two attached hydrogens (primary N) is 1. The van der Waals surface area contributed by atoms with E-state index in [2.05, 4.69) is 38.5 Å². The molecule has 0 aliphatic rings. The lowest BCUT2D eigenvalue weighted by Gasteiger charge is -2.23. The number of anilines is 1. The molecule has 0 saturated heterocycles. The number of aromatic nitrogens is 2. The standard InChI is InChI=1S/C16H18N4S/c17-8-4-10-20(12-13-5-3-9-18-11-13)16-14-6-1-2-7-15(14)19-21-16/h1-3,5-7,9,11H,4,8,10,12,17H2. The van der Waals surface area contributed by atoms with Crippen LogP contribution in [-0.2, 0) is 6.54 Å². The second-order valence-corrected chi connectivity index (χ2v) is 5.68. The van der Waals surface area contributed by atoms with E-state index in [1.807, 2.05) is 18.3 Å². The van der Waals surface area contributed by atoms with Gasteiger partial charge in [-0.25, -0.2) is 0 Å². The number of benzene rings is 1. The first-order valence-corrected chi connectivity index (χ1v) is 7.84. The molecule has 0 spiro atoms. The van der Waals surface area contributed by atoms with Crippen LogP contribution in [0.15, 0.2) is 48.8 Å². The molecule has 0 atom stereocenters. The maximum Gasteiger partial charge on any atom is 0.120 e. The van der Waals surface area contributed by atoms with Crippen molar-refractivity contribution in [2.24, 2.45) is 5.73 Å². The Morgan fingerprint density at radius 1 is 1.14 bits per heavy atom. The molecule has 0 aliphatic carbocycles. The van der Waals surface area contributed by atoms with Gasteiger partial charge in [-0.05, 0) is 48.3 Å². The summed E-state index contributed by atoms with van der Waals surface area (Å²) in [6.45, 7) is 2.46. The predicted molar refractivity (Wildman–Crippen MR) is 88.6 cm³/mol. The third-order valence-electron chi connectivity index (χ3n) is 3.38. The fourth-order valence-electron chi connectivity index (χ4n) is 2.35. The normalized spacial score (nSPS) is 10.9. The highest BCUT2D eigenvalue weighted by atomic mass is 32.1. The zero-order valence-corrected chi connectivity index (χ0v) is 12.6. The molecule has 2 N–H and O–H groups in total. The maximum absolute atomic E-state index is 5.68. The minimum Gasteiger partial charge on any atom is -0.357 e. The molecular weight excluding hydrogens is 280 g/mol. The summed E-state index contributed by atoms with van der Waals surface area (Å²) in [5.41, 5.74) is 7.94. The van der Waals surface area contributed by atoms with Gasteiger partial charge in [-0.3, -0.25) is 4.98 Å². The molecule has 3 aromatic rings. The Morgan fingerprint density at radius 3 is 2.86 bits per heavy atom. The number of hydrogen-bond acceptors (Lipinski definition) is 5. The number of rotatable bonds is 6. The molecule has 0 amide bonds. The Kier molecular flexibility index (Phi) is 4.43. The van der Waals surface area contributed by atoms with Crippen molar-refractivity contribution < 1.29 is 0 Å². The lowest BCUT2D eigenvalue weighted by Crippen LogP contribution is -2.25. The van der Waals surface area contributed by atoms with Gasteiger partial charge in [0.05, 0.1) is 5.52 Å². The van der Waals surface area contributed by atoms with Gasteiger partial charge in [0.2, 0.25) is 0 Å². The highest BCUT2D eigenvalue weighted by molar-refractivity contribution is 7.11. The molecule has 1 aromatic carbocycles. The summed E-state index contributed by atoms with van der Waals surface area (Å²) in [6.07, 6.45) is 4.68. The van der Waals surface area contributed by atoms with Gasteiger partial charge in [-0.2, -0.15) is 4.37 Å². The van der Waals surface area contributed by atoms with Gasteiger partial charge in [0.1, 0.15) is 5.00 Å². The Bertz CT molecular complexity index is 696. The fraction of sp³-hybridized carbons (Fsp3) is 0.250. The van der Waals surface area contributed by atoms with Crippen LogP contribution in [0.5, 0.6) is 0 Å². The van der Waals surface area contributed by atoms with Crippen LogP contribution in [0.3, 0.4) is 0 Å². The largest absolute Gasteiger partial charge is 0.357 e. The maximum atomic E-state index is 5.68. The number of fused-ring (bicyclic) bond motifs is 1. The van der Waals surface area contributed by atoms with E-state index in [1.165, 1.54) is 16.0 Å². The van der Waals surface area contributed by atoms with Crippen molar-refractivity contribution in [3.05, 3.63) is 54.4 Å². The van der Waals surface area contributed by atoms with Gasteiger partial charge in [-0.1, -0.05) is 18.2 Å². The lowest BCUT2D eigenvalue weighted by molar-refractivity contribution is 0.741. The van der Waals surface area contributed by atoms with Gasteiger partial charge in [0, 0.05) is 30.9 Å². The van der Waals surface area contributed by atoms with Crippen LogP contribution in [0, 0.1) is 0 Å². The van der Waals surface area contributed by atoms with Gasteiger partial charge < -0.3 is 10.6 Å². The van der Waals surface area contributed by atoms with Crippen molar-refractivity contribution in [1.29, 1.82) is 0 Å². The number of pyridine rings is 1. The molecule has 2 aromatic heterocycles. The lowest BCUT2D eigenvalue weighted by atomic mass is 10.2. The molecule has 0 bridgehead atoms. The quantitative estimate of drug-likeness (QED) is 0.760. The zero-order chi connectivity index (χ0) is 14.5. The van der Waals surface area contributed by atoms with E-state index in [0.29, 0.717) is 6.54 Å². The van der Waals surface area contributed by atoms with E-state index in [9.17, 15) is 0 Å². The Balaban J connectivity index is 1.91. The third kappa shape index (κ3) is 3.20. The van der Waals surface area contributed by atoms with Gasteiger partial charge in [-0.15, -0.1) is 0 Å². The van der Waals surface area contributed by atoms with Gasteiger partial charge in [0.25, 0.3) is 0 Å². The molecule has 0 fully saturated rings. The third-order valence-corrected chi connectivity index (χ3v) is 4.32. The molecule has 0 saturated carbocycles.